The summed E-state index contributed by atoms with van der Waals surface area (Å²) in [4.78, 5) is 62.2. The summed E-state index contributed by atoms with van der Waals surface area (Å²) in [5.41, 5.74) is -1.99. The van der Waals surface area contributed by atoms with Crippen molar-refractivity contribution in [2.45, 2.75) is 53.1 Å². The van der Waals surface area contributed by atoms with E-state index in [1.807, 2.05) is 0 Å². The minimum Gasteiger partial charge on any atom is -0.465 e. The van der Waals surface area contributed by atoms with E-state index in [1.165, 1.54) is 4.90 Å². The van der Waals surface area contributed by atoms with Gasteiger partial charge in [-0.1, -0.05) is 0 Å². The van der Waals surface area contributed by atoms with Crippen molar-refractivity contribution in [2.24, 2.45) is 5.41 Å². The molecule has 1 atom stereocenters. The fraction of sp³-hybridized carbons (Fsp3) is 0.750. The number of hydrogen-bond acceptors (Lipinski definition) is 8. The molecule has 1 aliphatic rings. The molecule has 1 aliphatic heterocycles. The van der Waals surface area contributed by atoms with E-state index in [0.717, 1.165) is 0 Å². The van der Waals surface area contributed by atoms with Gasteiger partial charge < -0.3 is 29.7 Å². The molecule has 31 heavy (non-hydrogen) atoms. The molecule has 0 aromatic rings. The highest BCUT2D eigenvalue weighted by molar-refractivity contribution is 5.92. The molecule has 1 heterocycles. The van der Waals surface area contributed by atoms with Crippen LogP contribution in [0.4, 0.5) is 4.79 Å². The van der Waals surface area contributed by atoms with E-state index in [1.54, 1.807) is 34.6 Å². The monoisotopic (exact) mass is 443 g/mol. The Morgan fingerprint density at radius 3 is 2.00 bits per heavy atom. The standard InChI is InChI=1S/C20H33N3O8/c1-6-29-15(25)11-21-14(24)10-20(17(27)22-12-16(26)30-7-2)8-9-23(13-20)18(28)31-19(3,4)5/h6-13H2,1-5H3,(H,21,24)(H,22,27). The van der Waals surface area contributed by atoms with Gasteiger partial charge in [0.05, 0.1) is 18.6 Å². The zero-order chi connectivity index (χ0) is 23.7. The first-order valence-corrected chi connectivity index (χ1v) is 10.3. The lowest BCUT2D eigenvalue weighted by Crippen LogP contribution is -2.48. The second kappa shape index (κ2) is 11.5. The number of ether oxygens (including phenoxy) is 3. The maximum Gasteiger partial charge on any atom is 0.410 e. The smallest absolute Gasteiger partial charge is 0.410 e. The van der Waals surface area contributed by atoms with Crippen molar-refractivity contribution < 1.29 is 38.2 Å². The highest BCUT2D eigenvalue weighted by Gasteiger charge is 2.48. The number of esters is 2. The van der Waals surface area contributed by atoms with Gasteiger partial charge in [0.25, 0.3) is 0 Å². The Kier molecular flexibility index (Phi) is 9.73. The molecular weight excluding hydrogens is 410 g/mol. The summed E-state index contributed by atoms with van der Waals surface area (Å²) in [5.74, 6) is -2.32. The fourth-order valence-corrected chi connectivity index (χ4v) is 3.07. The van der Waals surface area contributed by atoms with Crippen LogP contribution in [-0.2, 0) is 33.4 Å². The molecule has 3 amide bonds. The van der Waals surface area contributed by atoms with Gasteiger partial charge in [0, 0.05) is 19.5 Å². The summed E-state index contributed by atoms with van der Waals surface area (Å²) in [7, 11) is 0. The summed E-state index contributed by atoms with van der Waals surface area (Å²) in [6, 6.07) is 0. The van der Waals surface area contributed by atoms with Crippen LogP contribution in [0.1, 0.15) is 47.5 Å². The van der Waals surface area contributed by atoms with Crippen LogP contribution in [0.5, 0.6) is 0 Å². The molecule has 0 aliphatic carbocycles. The Morgan fingerprint density at radius 1 is 0.935 bits per heavy atom. The van der Waals surface area contributed by atoms with E-state index in [-0.39, 0.29) is 52.2 Å². The summed E-state index contributed by atoms with van der Waals surface area (Å²) in [6.45, 7) is 8.26. The molecule has 1 rings (SSSR count). The number of nitrogens with zero attached hydrogens (tertiary/aromatic N) is 1. The fourth-order valence-electron chi connectivity index (χ4n) is 3.07. The number of rotatable bonds is 9. The van der Waals surface area contributed by atoms with Gasteiger partial charge in [0.15, 0.2) is 0 Å². The molecule has 0 saturated carbocycles. The van der Waals surface area contributed by atoms with Gasteiger partial charge in [-0.05, 0) is 41.0 Å². The second-order valence-electron chi connectivity index (χ2n) is 8.18. The van der Waals surface area contributed by atoms with Gasteiger partial charge in [-0.25, -0.2) is 4.79 Å². The maximum atomic E-state index is 12.9. The number of nitrogens with one attached hydrogen (secondary N) is 2. The highest BCUT2D eigenvalue weighted by Crippen LogP contribution is 2.35. The summed E-state index contributed by atoms with van der Waals surface area (Å²) in [6.07, 6.45) is -0.687. The molecule has 176 valence electrons. The molecular formula is C20H33N3O8. The average molecular weight is 443 g/mol. The van der Waals surface area contributed by atoms with Crippen molar-refractivity contribution in [2.75, 3.05) is 39.4 Å². The van der Waals surface area contributed by atoms with E-state index in [2.05, 4.69) is 10.6 Å². The van der Waals surface area contributed by atoms with Gasteiger partial charge in [0.2, 0.25) is 11.8 Å². The Labute approximate surface area is 182 Å². The molecule has 0 bridgehead atoms. The third kappa shape index (κ3) is 8.81. The minimum absolute atomic E-state index is 0.0661. The number of carbonyl (C=O) groups is 5. The van der Waals surface area contributed by atoms with Crippen molar-refractivity contribution in [3.63, 3.8) is 0 Å². The molecule has 1 fully saturated rings. The number of likely N-dealkylation sites (tertiary alicyclic amines) is 1. The first-order valence-electron chi connectivity index (χ1n) is 10.3. The van der Waals surface area contributed by atoms with Crippen molar-refractivity contribution in [1.29, 1.82) is 0 Å². The van der Waals surface area contributed by atoms with Crippen LogP contribution in [0.3, 0.4) is 0 Å². The van der Waals surface area contributed by atoms with E-state index >= 15 is 0 Å². The van der Waals surface area contributed by atoms with Crippen LogP contribution >= 0.6 is 0 Å². The SMILES string of the molecule is CCOC(=O)CNC(=O)CC1(C(=O)NCC(=O)OCC)CCN(C(=O)OC(C)(C)C)C1. The zero-order valence-electron chi connectivity index (χ0n) is 18.9. The minimum atomic E-state index is -1.28. The lowest BCUT2D eigenvalue weighted by molar-refractivity contribution is -0.146. The summed E-state index contributed by atoms with van der Waals surface area (Å²) >= 11 is 0. The topological polar surface area (TPSA) is 140 Å². The Hall–Kier alpha value is -2.85. The molecule has 1 unspecified atom stereocenters. The summed E-state index contributed by atoms with van der Waals surface area (Å²) in [5, 5.41) is 4.91. The van der Waals surface area contributed by atoms with Crippen molar-refractivity contribution in [3.8, 4) is 0 Å². The van der Waals surface area contributed by atoms with E-state index in [0.29, 0.717) is 0 Å². The Morgan fingerprint density at radius 2 is 1.48 bits per heavy atom. The first-order chi connectivity index (χ1) is 14.4. The molecule has 0 aromatic carbocycles. The van der Waals surface area contributed by atoms with Crippen LogP contribution in [0, 0.1) is 5.41 Å². The molecule has 11 nitrogen and oxygen atoms in total. The molecule has 2 N–H and O–H groups in total. The zero-order valence-corrected chi connectivity index (χ0v) is 18.9. The molecule has 0 radical (unpaired) electrons. The number of carbonyl (C=O) groups excluding carboxylic acids is 5. The van der Waals surface area contributed by atoms with Crippen molar-refractivity contribution in [3.05, 3.63) is 0 Å². The Balaban J connectivity index is 2.88. The quantitative estimate of drug-likeness (QED) is 0.385. The van der Waals surface area contributed by atoms with Crippen LogP contribution in [0.25, 0.3) is 0 Å². The van der Waals surface area contributed by atoms with Gasteiger partial charge in [0.1, 0.15) is 18.7 Å². The van der Waals surface area contributed by atoms with E-state index in [4.69, 9.17) is 14.2 Å². The van der Waals surface area contributed by atoms with Gasteiger partial charge >= 0.3 is 18.0 Å². The molecule has 1 saturated heterocycles. The lowest BCUT2D eigenvalue weighted by Gasteiger charge is -2.28. The van der Waals surface area contributed by atoms with Gasteiger partial charge in [-0.15, -0.1) is 0 Å². The number of amides is 3. The average Bonchev–Trinajstić information content (AvgIpc) is 3.09. The maximum absolute atomic E-state index is 12.9. The Bertz CT molecular complexity index is 688. The molecule has 0 spiro atoms. The normalized spacial score (nSPS) is 18.2. The predicted octanol–water partition coefficient (Wildman–Crippen LogP) is 0.362. The van der Waals surface area contributed by atoms with Crippen LogP contribution in [-0.4, -0.2) is 79.7 Å². The van der Waals surface area contributed by atoms with Crippen LogP contribution < -0.4 is 10.6 Å². The van der Waals surface area contributed by atoms with Crippen molar-refractivity contribution in [1.82, 2.24) is 15.5 Å². The highest BCUT2D eigenvalue weighted by atomic mass is 16.6. The summed E-state index contributed by atoms with van der Waals surface area (Å²) < 4.78 is 14.9. The van der Waals surface area contributed by atoms with Crippen molar-refractivity contribution >= 4 is 29.8 Å². The van der Waals surface area contributed by atoms with E-state index < -0.39 is 40.9 Å². The van der Waals surface area contributed by atoms with Gasteiger partial charge in [-0.3, -0.25) is 19.2 Å². The lowest BCUT2D eigenvalue weighted by atomic mass is 9.82. The molecule has 0 aromatic heterocycles. The third-order valence-electron chi connectivity index (χ3n) is 4.42. The first kappa shape index (κ1) is 26.2. The van der Waals surface area contributed by atoms with E-state index in [9.17, 15) is 24.0 Å². The number of hydrogen-bond donors (Lipinski definition) is 2. The predicted molar refractivity (Wildman–Crippen MR) is 109 cm³/mol. The van der Waals surface area contributed by atoms with Crippen LogP contribution in [0.2, 0.25) is 0 Å². The molecule has 11 heteroatoms. The van der Waals surface area contributed by atoms with Gasteiger partial charge in [-0.2, -0.15) is 0 Å². The van der Waals surface area contributed by atoms with Crippen LogP contribution in [0.15, 0.2) is 0 Å². The second-order valence-corrected chi connectivity index (χ2v) is 8.18. The third-order valence-corrected chi connectivity index (χ3v) is 4.42. The largest absolute Gasteiger partial charge is 0.465 e.